The van der Waals surface area contributed by atoms with Gasteiger partial charge in [0.05, 0.1) is 28.7 Å². The Balaban J connectivity index is 2.12. The lowest BCUT2D eigenvalue weighted by molar-refractivity contribution is 0.338. The fourth-order valence-electron chi connectivity index (χ4n) is 3.35. The van der Waals surface area contributed by atoms with Gasteiger partial charge >= 0.3 is 0 Å². The number of anilines is 2. The minimum absolute atomic E-state index is 0.0165. The summed E-state index contributed by atoms with van der Waals surface area (Å²) >= 11 is 7.63. The Bertz CT molecular complexity index is 1200. The van der Waals surface area contributed by atoms with Crippen LogP contribution in [0.3, 0.4) is 0 Å². The quantitative estimate of drug-likeness (QED) is 0.303. The summed E-state index contributed by atoms with van der Waals surface area (Å²) in [5, 5.41) is 11.5. The van der Waals surface area contributed by atoms with Crippen LogP contribution in [0.1, 0.15) is 19.5 Å². The molecule has 0 unspecified atom stereocenters. The second-order valence-electron chi connectivity index (χ2n) is 7.21. The molecule has 10 heteroatoms. The number of thioether (sulfide) groups is 1. The Morgan fingerprint density at radius 3 is 2.56 bits per heavy atom. The summed E-state index contributed by atoms with van der Waals surface area (Å²) in [7, 11) is 0. The van der Waals surface area contributed by atoms with E-state index in [0.29, 0.717) is 45.8 Å². The van der Waals surface area contributed by atoms with E-state index < -0.39 is 11.6 Å². The van der Waals surface area contributed by atoms with Gasteiger partial charge in [-0.15, -0.1) is 0 Å². The average molecular weight is 506 g/mol. The van der Waals surface area contributed by atoms with Gasteiger partial charge in [0.1, 0.15) is 28.6 Å². The Kier molecular flexibility index (Phi) is 8.57. The zero-order chi connectivity index (χ0) is 24.8. The van der Waals surface area contributed by atoms with Crippen molar-refractivity contribution in [1.29, 1.82) is 0 Å². The van der Waals surface area contributed by atoms with E-state index in [2.05, 4.69) is 28.8 Å². The van der Waals surface area contributed by atoms with Gasteiger partial charge in [-0.3, -0.25) is 9.67 Å². The van der Waals surface area contributed by atoms with Crippen LogP contribution in [0.15, 0.2) is 49.3 Å². The van der Waals surface area contributed by atoms with E-state index in [0.717, 1.165) is 17.8 Å². The van der Waals surface area contributed by atoms with E-state index in [9.17, 15) is 8.78 Å². The topological polar surface area (TPSA) is 64.0 Å². The van der Waals surface area contributed by atoms with Crippen LogP contribution in [0.4, 0.5) is 20.2 Å². The smallest absolute Gasteiger partial charge is 0.153 e. The largest absolute Gasteiger partial charge is 0.491 e. The number of halogens is 3. The molecule has 0 amide bonds. The lowest BCUT2D eigenvalue weighted by atomic mass is 10.1. The highest BCUT2D eigenvalue weighted by atomic mass is 35.5. The molecular weight excluding hydrogens is 480 g/mol. The Labute approximate surface area is 207 Å². The highest BCUT2D eigenvalue weighted by Gasteiger charge is 2.24. The number of nitrogens with zero attached hydrogens (tertiary/aromatic N) is 3. The molecule has 6 nitrogen and oxygen atoms in total. The summed E-state index contributed by atoms with van der Waals surface area (Å²) in [6, 6.07) is 5.41. The van der Waals surface area contributed by atoms with Crippen LogP contribution in [0, 0.1) is 11.6 Å². The molecule has 0 radical (unpaired) electrons. The molecule has 0 spiro atoms. The fourth-order valence-corrected chi connectivity index (χ4v) is 3.88. The number of benzene rings is 1. The molecule has 0 aliphatic heterocycles. The normalized spacial score (nSPS) is 10.8. The number of aryl methyl sites for hydroxylation is 1. The van der Waals surface area contributed by atoms with Gasteiger partial charge in [-0.25, -0.2) is 8.78 Å². The molecule has 3 aromatic rings. The molecule has 2 aromatic heterocycles. The lowest BCUT2D eigenvalue weighted by Crippen LogP contribution is -2.11. The molecule has 0 saturated heterocycles. The van der Waals surface area contributed by atoms with Crippen LogP contribution in [0.5, 0.6) is 5.75 Å². The summed E-state index contributed by atoms with van der Waals surface area (Å²) in [4.78, 5) is 4.40. The monoisotopic (exact) mass is 505 g/mol. The molecule has 180 valence electrons. The summed E-state index contributed by atoms with van der Waals surface area (Å²) in [5.41, 5.74) is 3.39. The maximum Gasteiger partial charge on any atom is 0.153 e. The molecule has 0 bridgehead atoms. The third-order valence-electron chi connectivity index (χ3n) is 4.72. The van der Waals surface area contributed by atoms with Crippen molar-refractivity contribution >= 4 is 40.4 Å². The second kappa shape index (κ2) is 11.4. The van der Waals surface area contributed by atoms with Gasteiger partial charge in [0.2, 0.25) is 0 Å². The van der Waals surface area contributed by atoms with Crippen molar-refractivity contribution in [3.05, 3.63) is 71.7 Å². The van der Waals surface area contributed by atoms with Gasteiger partial charge in [0, 0.05) is 36.3 Å². The third kappa shape index (κ3) is 5.71. The van der Waals surface area contributed by atoms with Crippen LogP contribution in [-0.2, 0) is 6.54 Å². The van der Waals surface area contributed by atoms with Crippen LogP contribution in [0.25, 0.3) is 17.1 Å². The highest BCUT2D eigenvalue weighted by Crippen LogP contribution is 2.37. The molecule has 0 saturated carbocycles. The van der Waals surface area contributed by atoms with E-state index in [-0.39, 0.29) is 18.0 Å². The summed E-state index contributed by atoms with van der Waals surface area (Å²) in [5.74, 6) is -0.828. The molecule has 0 aliphatic carbocycles. The standard InChI is InChI=1S/C24H26ClF2N5OS/c1-6-32-24(15(4)30-21-18(27)10-17(26)11-20(21)33-7-2)23(29-14(3)13-34-5)22(31-32)19-9-8-16(25)12-28-19/h8-12,29-30H,3-4,6-7,13H2,1-2,5H3. The molecule has 2 heterocycles. The minimum Gasteiger partial charge on any atom is -0.491 e. The maximum absolute atomic E-state index is 14.7. The van der Waals surface area contributed by atoms with Crippen molar-refractivity contribution in [2.75, 3.05) is 29.2 Å². The number of pyridine rings is 1. The van der Waals surface area contributed by atoms with E-state index in [1.165, 1.54) is 6.20 Å². The number of hydrogen-bond acceptors (Lipinski definition) is 6. The fraction of sp³-hybridized carbons (Fsp3) is 0.250. The number of ether oxygens (including phenoxy) is 1. The van der Waals surface area contributed by atoms with E-state index in [1.54, 1.807) is 35.5 Å². The number of aromatic nitrogens is 3. The molecule has 0 aliphatic rings. The van der Waals surface area contributed by atoms with Gasteiger partial charge < -0.3 is 15.4 Å². The van der Waals surface area contributed by atoms with E-state index >= 15 is 0 Å². The molecular formula is C24H26ClF2N5OS. The first-order chi connectivity index (χ1) is 16.3. The first-order valence-corrected chi connectivity index (χ1v) is 12.3. The molecule has 1 aromatic carbocycles. The number of nitrogens with one attached hydrogen (secondary N) is 2. The van der Waals surface area contributed by atoms with Crippen molar-refractivity contribution in [3.8, 4) is 17.1 Å². The zero-order valence-electron chi connectivity index (χ0n) is 19.2. The SMILES string of the molecule is C=C(CSC)Nc1c(-c2ccc(Cl)cn2)nn(CC)c1C(=C)Nc1c(F)cc(F)cc1OCC. The third-order valence-corrected chi connectivity index (χ3v) is 5.58. The predicted molar refractivity (Wildman–Crippen MR) is 137 cm³/mol. The summed E-state index contributed by atoms with van der Waals surface area (Å²) in [6.45, 7) is 12.6. The Morgan fingerprint density at radius 1 is 1.18 bits per heavy atom. The first kappa shape index (κ1) is 25.6. The molecule has 0 fully saturated rings. The minimum atomic E-state index is -0.798. The number of hydrogen-bond donors (Lipinski definition) is 2. The van der Waals surface area contributed by atoms with Gasteiger partial charge in [-0.05, 0) is 32.2 Å². The Hall–Kier alpha value is -3.04. The zero-order valence-corrected chi connectivity index (χ0v) is 20.8. The van der Waals surface area contributed by atoms with Crippen molar-refractivity contribution in [2.45, 2.75) is 20.4 Å². The lowest BCUT2D eigenvalue weighted by Gasteiger charge is -2.18. The maximum atomic E-state index is 14.7. The van der Waals surface area contributed by atoms with Crippen LogP contribution in [0.2, 0.25) is 5.02 Å². The van der Waals surface area contributed by atoms with Gasteiger partial charge in [0.25, 0.3) is 0 Å². The van der Waals surface area contributed by atoms with Crippen LogP contribution < -0.4 is 15.4 Å². The van der Waals surface area contributed by atoms with Gasteiger partial charge in [-0.2, -0.15) is 16.9 Å². The first-order valence-electron chi connectivity index (χ1n) is 10.5. The van der Waals surface area contributed by atoms with Gasteiger partial charge in [0.15, 0.2) is 5.82 Å². The van der Waals surface area contributed by atoms with E-state index in [1.807, 2.05) is 13.2 Å². The van der Waals surface area contributed by atoms with E-state index in [4.69, 9.17) is 21.4 Å². The van der Waals surface area contributed by atoms with Crippen molar-refractivity contribution in [2.24, 2.45) is 0 Å². The van der Waals surface area contributed by atoms with Gasteiger partial charge in [-0.1, -0.05) is 24.8 Å². The molecule has 3 rings (SSSR count). The predicted octanol–water partition coefficient (Wildman–Crippen LogP) is 6.67. The molecule has 34 heavy (non-hydrogen) atoms. The van der Waals surface area contributed by atoms with Crippen molar-refractivity contribution in [3.63, 3.8) is 0 Å². The van der Waals surface area contributed by atoms with Crippen LogP contribution in [-0.4, -0.2) is 33.4 Å². The summed E-state index contributed by atoms with van der Waals surface area (Å²) < 4.78 is 35.7. The summed E-state index contributed by atoms with van der Waals surface area (Å²) in [6.07, 6.45) is 3.51. The number of rotatable bonds is 11. The Morgan fingerprint density at radius 2 is 1.94 bits per heavy atom. The van der Waals surface area contributed by atoms with Crippen molar-refractivity contribution < 1.29 is 13.5 Å². The molecule has 2 N–H and O–H groups in total. The second-order valence-corrected chi connectivity index (χ2v) is 8.51. The molecule has 0 atom stereocenters. The average Bonchev–Trinajstić information content (AvgIpc) is 3.15. The van der Waals surface area contributed by atoms with Crippen LogP contribution >= 0.6 is 23.4 Å². The van der Waals surface area contributed by atoms with Crippen molar-refractivity contribution in [1.82, 2.24) is 14.8 Å². The highest BCUT2D eigenvalue weighted by molar-refractivity contribution is 7.98.